The van der Waals surface area contributed by atoms with E-state index >= 15 is 0 Å². The molecule has 2 heterocycles. The van der Waals surface area contributed by atoms with E-state index in [9.17, 15) is 9.18 Å². The molecule has 0 aliphatic carbocycles. The minimum Gasteiger partial charge on any atom is -0.325 e. The van der Waals surface area contributed by atoms with Crippen LogP contribution in [0.1, 0.15) is 11.3 Å². The van der Waals surface area contributed by atoms with E-state index in [2.05, 4.69) is 20.5 Å². The smallest absolute Gasteiger partial charge is 0.234 e. The fraction of sp³-hybridized carbons (Fsp3) is 0.0833. The molecule has 0 saturated carbocycles. The lowest BCUT2D eigenvalue weighted by Crippen LogP contribution is -2.14. The monoisotopic (exact) mass is 445 g/mol. The second-order valence-electron chi connectivity index (χ2n) is 6.90. The van der Waals surface area contributed by atoms with Gasteiger partial charge in [-0.2, -0.15) is 0 Å². The number of halogens is 1. The van der Waals surface area contributed by atoms with Crippen LogP contribution in [0.2, 0.25) is 0 Å². The van der Waals surface area contributed by atoms with Crippen LogP contribution >= 0.6 is 11.8 Å². The van der Waals surface area contributed by atoms with E-state index in [1.165, 1.54) is 17.8 Å². The zero-order chi connectivity index (χ0) is 22.3. The number of rotatable bonds is 7. The third kappa shape index (κ3) is 5.28. The van der Waals surface area contributed by atoms with Gasteiger partial charge in [0.1, 0.15) is 5.82 Å². The van der Waals surface area contributed by atoms with E-state index < -0.39 is 0 Å². The van der Waals surface area contributed by atoms with Crippen LogP contribution in [-0.2, 0) is 11.8 Å². The number of hydrogen-bond donors (Lipinski definition) is 1. The Hall–Kier alpha value is -3.78. The van der Waals surface area contributed by atoms with Gasteiger partial charge in [-0.05, 0) is 48.0 Å². The van der Waals surface area contributed by atoms with Crippen molar-refractivity contribution >= 4 is 35.5 Å². The number of carbonyl (C=O) groups excluding carboxylic acids is 1. The highest BCUT2D eigenvalue weighted by Crippen LogP contribution is 2.24. The van der Waals surface area contributed by atoms with Crippen LogP contribution in [0.5, 0.6) is 0 Å². The number of amides is 1. The zero-order valence-corrected chi connectivity index (χ0v) is 18.1. The molecule has 32 heavy (non-hydrogen) atoms. The summed E-state index contributed by atoms with van der Waals surface area (Å²) in [4.78, 5) is 16.7. The van der Waals surface area contributed by atoms with Crippen LogP contribution in [0.15, 0.2) is 78.1 Å². The van der Waals surface area contributed by atoms with Gasteiger partial charge >= 0.3 is 0 Å². The summed E-state index contributed by atoms with van der Waals surface area (Å²) in [7, 11) is 1.75. The molecule has 1 amide bonds. The Morgan fingerprint density at radius 2 is 1.91 bits per heavy atom. The standard InChI is InChI=1S/C24H20FN5OS/c1-30-23(20-10-2-3-11-21(20)25)28-29-24(30)32-16-22(31)27-19-9-6-7-17(15-19)12-13-18-8-4-5-14-26-18/h2-15H,16H2,1H3,(H,27,31)/b13-12+. The first kappa shape index (κ1) is 21.5. The molecule has 0 aliphatic heterocycles. The van der Waals surface area contributed by atoms with Crippen molar-refractivity contribution in [2.75, 3.05) is 11.1 Å². The first-order valence-corrected chi connectivity index (χ1v) is 10.8. The largest absolute Gasteiger partial charge is 0.325 e. The zero-order valence-electron chi connectivity index (χ0n) is 17.3. The molecule has 4 rings (SSSR count). The van der Waals surface area contributed by atoms with Crippen molar-refractivity contribution in [2.45, 2.75) is 5.16 Å². The highest BCUT2D eigenvalue weighted by molar-refractivity contribution is 7.99. The molecule has 0 saturated heterocycles. The maximum atomic E-state index is 14.0. The summed E-state index contributed by atoms with van der Waals surface area (Å²) in [5.41, 5.74) is 2.87. The van der Waals surface area contributed by atoms with Gasteiger partial charge in [0.05, 0.1) is 17.0 Å². The predicted octanol–water partition coefficient (Wildman–Crippen LogP) is 4.92. The number of anilines is 1. The third-order valence-corrected chi connectivity index (χ3v) is 5.61. The van der Waals surface area contributed by atoms with Gasteiger partial charge in [0.2, 0.25) is 5.91 Å². The molecule has 0 unspecified atom stereocenters. The van der Waals surface area contributed by atoms with Crippen molar-refractivity contribution in [3.05, 3.63) is 90.0 Å². The molecule has 0 spiro atoms. The summed E-state index contributed by atoms with van der Waals surface area (Å²) < 4.78 is 15.7. The average Bonchev–Trinajstić information content (AvgIpc) is 3.17. The molecule has 6 nitrogen and oxygen atoms in total. The Morgan fingerprint density at radius 1 is 1.06 bits per heavy atom. The first-order chi connectivity index (χ1) is 15.6. The number of benzene rings is 2. The lowest BCUT2D eigenvalue weighted by atomic mass is 10.1. The van der Waals surface area contributed by atoms with Crippen LogP contribution < -0.4 is 5.32 Å². The molecule has 2 aromatic carbocycles. The molecule has 0 bridgehead atoms. The summed E-state index contributed by atoms with van der Waals surface area (Å²) in [6.07, 6.45) is 5.60. The van der Waals surface area contributed by atoms with Gasteiger partial charge in [-0.15, -0.1) is 10.2 Å². The van der Waals surface area contributed by atoms with Crippen molar-refractivity contribution < 1.29 is 9.18 Å². The fourth-order valence-corrected chi connectivity index (χ4v) is 3.73. The van der Waals surface area contributed by atoms with Crippen LogP contribution in [0.3, 0.4) is 0 Å². The Labute approximate surface area is 189 Å². The molecule has 4 aromatic rings. The van der Waals surface area contributed by atoms with Gasteiger partial charge in [-0.25, -0.2) is 4.39 Å². The minimum atomic E-state index is -0.366. The topological polar surface area (TPSA) is 72.7 Å². The van der Waals surface area contributed by atoms with Gasteiger partial charge in [0, 0.05) is 18.9 Å². The van der Waals surface area contributed by atoms with Crippen molar-refractivity contribution in [2.24, 2.45) is 7.05 Å². The average molecular weight is 446 g/mol. The quantitative estimate of drug-likeness (QED) is 0.409. The van der Waals surface area contributed by atoms with Crippen molar-refractivity contribution in [1.29, 1.82) is 0 Å². The fourth-order valence-electron chi connectivity index (χ4n) is 3.02. The third-order valence-electron chi connectivity index (χ3n) is 4.59. The summed E-state index contributed by atoms with van der Waals surface area (Å²) in [5.74, 6) is 0.0287. The lowest BCUT2D eigenvalue weighted by Gasteiger charge is -2.07. The highest BCUT2D eigenvalue weighted by Gasteiger charge is 2.15. The molecule has 0 radical (unpaired) electrons. The molecule has 8 heteroatoms. The normalized spacial score (nSPS) is 11.1. The van der Waals surface area contributed by atoms with Crippen LogP contribution in [-0.4, -0.2) is 31.4 Å². The van der Waals surface area contributed by atoms with Crippen LogP contribution in [0, 0.1) is 5.82 Å². The van der Waals surface area contributed by atoms with Crippen LogP contribution in [0.4, 0.5) is 10.1 Å². The van der Waals surface area contributed by atoms with E-state index in [1.807, 2.05) is 54.6 Å². The van der Waals surface area contributed by atoms with Gasteiger partial charge < -0.3 is 9.88 Å². The Bertz CT molecular complexity index is 1260. The molecule has 0 atom stereocenters. The number of nitrogens with zero attached hydrogens (tertiary/aromatic N) is 4. The molecule has 160 valence electrons. The Kier molecular flexibility index (Phi) is 6.72. The maximum Gasteiger partial charge on any atom is 0.234 e. The summed E-state index contributed by atoms with van der Waals surface area (Å²) in [6, 6.07) is 19.7. The molecule has 0 aliphatic rings. The summed E-state index contributed by atoms with van der Waals surface area (Å²) in [5, 5.41) is 11.6. The molecule has 0 fully saturated rings. The van der Waals surface area contributed by atoms with E-state index in [0.29, 0.717) is 22.2 Å². The number of carbonyl (C=O) groups is 1. The molecular weight excluding hydrogens is 425 g/mol. The first-order valence-electron chi connectivity index (χ1n) is 9.86. The van der Waals surface area contributed by atoms with E-state index in [4.69, 9.17) is 0 Å². The Balaban J connectivity index is 1.37. The van der Waals surface area contributed by atoms with Gasteiger partial charge in [-0.1, -0.05) is 48.2 Å². The van der Waals surface area contributed by atoms with Gasteiger partial charge in [0.15, 0.2) is 11.0 Å². The van der Waals surface area contributed by atoms with Crippen molar-refractivity contribution in [1.82, 2.24) is 19.7 Å². The number of pyridine rings is 1. The lowest BCUT2D eigenvalue weighted by molar-refractivity contribution is -0.113. The Morgan fingerprint density at radius 3 is 2.72 bits per heavy atom. The highest BCUT2D eigenvalue weighted by atomic mass is 32.2. The van der Waals surface area contributed by atoms with E-state index in [1.54, 1.807) is 36.0 Å². The number of hydrogen-bond acceptors (Lipinski definition) is 5. The van der Waals surface area contributed by atoms with Crippen molar-refractivity contribution in [3.63, 3.8) is 0 Å². The second-order valence-corrected chi connectivity index (χ2v) is 7.84. The summed E-state index contributed by atoms with van der Waals surface area (Å²) in [6.45, 7) is 0. The van der Waals surface area contributed by atoms with E-state index in [0.717, 1.165) is 11.3 Å². The SMILES string of the molecule is Cn1c(SCC(=O)Nc2cccc(/C=C/c3ccccn3)c2)nnc1-c1ccccc1F. The second kappa shape index (κ2) is 10.0. The number of thioether (sulfide) groups is 1. The molecular formula is C24H20FN5OS. The van der Waals surface area contributed by atoms with Crippen LogP contribution in [0.25, 0.3) is 23.5 Å². The maximum absolute atomic E-state index is 14.0. The van der Waals surface area contributed by atoms with Crippen molar-refractivity contribution in [3.8, 4) is 11.4 Å². The molecule has 1 N–H and O–H groups in total. The minimum absolute atomic E-state index is 0.150. The van der Waals surface area contributed by atoms with E-state index in [-0.39, 0.29) is 17.5 Å². The van der Waals surface area contributed by atoms with Gasteiger partial charge in [-0.3, -0.25) is 9.78 Å². The number of nitrogens with one attached hydrogen (secondary N) is 1. The summed E-state index contributed by atoms with van der Waals surface area (Å²) >= 11 is 1.24. The van der Waals surface area contributed by atoms with Gasteiger partial charge in [0.25, 0.3) is 0 Å². The predicted molar refractivity (Wildman–Crippen MR) is 125 cm³/mol. The molecule has 2 aromatic heterocycles. The number of aromatic nitrogens is 4.